The molecule has 1 heterocycles. The van der Waals surface area contributed by atoms with Crippen LogP contribution >= 0.6 is 11.6 Å². The van der Waals surface area contributed by atoms with E-state index in [1.807, 2.05) is 42.5 Å². The van der Waals surface area contributed by atoms with Crippen molar-refractivity contribution < 1.29 is 9.53 Å². The number of amides is 1. The van der Waals surface area contributed by atoms with E-state index in [9.17, 15) is 10.1 Å². The van der Waals surface area contributed by atoms with Gasteiger partial charge in [-0.3, -0.25) is 4.90 Å². The standard InChI is InChI=1S/C21H13ClN2O2/c22-15-6-9-17(10-7-15)26-21(25)24-16(13-23)8-11-19-18-4-2-1-3-14(18)5-12-20(19)24/h1-12,16H. The van der Waals surface area contributed by atoms with Crippen molar-refractivity contribution in [2.75, 3.05) is 4.90 Å². The van der Waals surface area contributed by atoms with E-state index in [1.165, 1.54) is 4.90 Å². The second-order valence-electron chi connectivity index (χ2n) is 5.84. The predicted molar refractivity (Wildman–Crippen MR) is 102 cm³/mol. The summed E-state index contributed by atoms with van der Waals surface area (Å²) >= 11 is 5.86. The zero-order valence-electron chi connectivity index (χ0n) is 13.6. The fourth-order valence-corrected chi connectivity index (χ4v) is 3.18. The molecule has 126 valence electrons. The van der Waals surface area contributed by atoms with Gasteiger partial charge < -0.3 is 4.74 Å². The third kappa shape index (κ3) is 2.79. The van der Waals surface area contributed by atoms with E-state index in [0.717, 1.165) is 16.3 Å². The van der Waals surface area contributed by atoms with Gasteiger partial charge in [0.05, 0.1) is 11.8 Å². The first-order valence-electron chi connectivity index (χ1n) is 8.03. The van der Waals surface area contributed by atoms with Crippen LogP contribution in [0.4, 0.5) is 10.5 Å². The summed E-state index contributed by atoms with van der Waals surface area (Å²) in [6.07, 6.45) is 2.98. The number of carbonyl (C=O) groups excluding carboxylic acids is 1. The van der Waals surface area contributed by atoms with E-state index < -0.39 is 12.1 Å². The van der Waals surface area contributed by atoms with Crippen LogP contribution in [0.5, 0.6) is 5.75 Å². The second kappa shape index (κ2) is 6.55. The monoisotopic (exact) mass is 360 g/mol. The van der Waals surface area contributed by atoms with Crippen molar-refractivity contribution in [1.82, 2.24) is 0 Å². The normalized spacial score (nSPS) is 15.4. The fraction of sp³-hybridized carbons (Fsp3) is 0.0476. The first-order chi connectivity index (χ1) is 12.7. The van der Waals surface area contributed by atoms with Gasteiger partial charge >= 0.3 is 6.09 Å². The van der Waals surface area contributed by atoms with E-state index in [2.05, 4.69) is 6.07 Å². The molecule has 26 heavy (non-hydrogen) atoms. The summed E-state index contributed by atoms with van der Waals surface area (Å²) < 4.78 is 5.45. The highest BCUT2D eigenvalue weighted by Crippen LogP contribution is 2.35. The third-order valence-corrected chi connectivity index (χ3v) is 4.53. The number of fused-ring (bicyclic) bond motifs is 3. The Labute approximate surface area is 155 Å². The molecule has 0 saturated carbocycles. The van der Waals surface area contributed by atoms with Crippen molar-refractivity contribution in [2.24, 2.45) is 0 Å². The van der Waals surface area contributed by atoms with Crippen molar-refractivity contribution in [3.63, 3.8) is 0 Å². The van der Waals surface area contributed by atoms with Crippen LogP contribution in [-0.2, 0) is 0 Å². The lowest BCUT2D eigenvalue weighted by molar-refractivity contribution is 0.207. The fourth-order valence-electron chi connectivity index (χ4n) is 3.06. The molecule has 1 aliphatic rings. The summed E-state index contributed by atoms with van der Waals surface area (Å²) in [5.41, 5.74) is 1.54. The van der Waals surface area contributed by atoms with Gasteiger partial charge in [-0.2, -0.15) is 5.26 Å². The average Bonchev–Trinajstić information content (AvgIpc) is 2.68. The molecule has 3 aromatic rings. The van der Waals surface area contributed by atoms with Crippen molar-refractivity contribution in [2.45, 2.75) is 6.04 Å². The smallest absolute Gasteiger partial charge is 0.410 e. The Morgan fingerprint density at radius 2 is 1.85 bits per heavy atom. The number of hydrogen-bond acceptors (Lipinski definition) is 3. The number of nitrogens with zero attached hydrogens (tertiary/aromatic N) is 2. The van der Waals surface area contributed by atoms with Gasteiger partial charge in [-0.25, -0.2) is 4.79 Å². The number of hydrogen-bond donors (Lipinski definition) is 0. The van der Waals surface area contributed by atoms with E-state index in [4.69, 9.17) is 16.3 Å². The van der Waals surface area contributed by atoms with Gasteiger partial charge in [0.2, 0.25) is 0 Å². The molecule has 4 rings (SSSR count). The molecule has 0 saturated heterocycles. The lowest BCUT2D eigenvalue weighted by Crippen LogP contribution is -2.42. The largest absolute Gasteiger partial charge is 0.421 e. The molecule has 0 aliphatic carbocycles. The SMILES string of the molecule is N#CC1C=Cc2c(ccc3ccccc23)N1C(=O)Oc1ccc(Cl)cc1. The Bertz CT molecular complexity index is 1070. The molecule has 0 N–H and O–H groups in total. The molecule has 0 aromatic heterocycles. The Balaban J connectivity index is 1.76. The summed E-state index contributed by atoms with van der Waals surface area (Å²) in [4.78, 5) is 14.2. The van der Waals surface area contributed by atoms with Gasteiger partial charge in [-0.15, -0.1) is 0 Å². The highest BCUT2D eigenvalue weighted by atomic mass is 35.5. The molecule has 1 amide bonds. The first-order valence-corrected chi connectivity index (χ1v) is 8.41. The topological polar surface area (TPSA) is 53.3 Å². The summed E-state index contributed by atoms with van der Waals surface area (Å²) in [5, 5.41) is 12.1. The Morgan fingerprint density at radius 3 is 2.62 bits per heavy atom. The molecule has 0 fully saturated rings. The van der Waals surface area contributed by atoms with E-state index in [1.54, 1.807) is 30.3 Å². The van der Waals surface area contributed by atoms with E-state index >= 15 is 0 Å². The molecular formula is C21H13ClN2O2. The maximum absolute atomic E-state index is 12.8. The lowest BCUT2D eigenvalue weighted by atomic mass is 9.97. The minimum absolute atomic E-state index is 0.369. The minimum Gasteiger partial charge on any atom is -0.410 e. The van der Waals surface area contributed by atoms with Crippen molar-refractivity contribution in [1.29, 1.82) is 5.26 Å². The van der Waals surface area contributed by atoms with Crippen LogP contribution in [0.15, 0.2) is 66.7 Å². The Morgan fingerprint density at radius 1 is 1.08 bits per heavy atom. The van der Waals surface area contributed by atoms with E-state index in [-0.39, 0.29) is 0 Å². The van der Waals surface area contributed by atoms with Gasteiger partial charge in [-0.05, 0) is 47.2 Å². The van der Waals surface area contributed by atoms with Gasteiger partial charge in [-0.1, -0.05) is 48.0 Å². The van der Waals surface area contributed by atoms with Gasteiger partial charge in [0.25, 0.3) is 0 Å². The van der Waals surface area contributed by atoms with Crippen LogP contribution < -0.4 is 9.64 Å². The van der Waals surface area contributed by atoms with Gasteiger partial charge in [0, 0.05) is 10.6 Å². The Kier molecular flexibility index (Phi) is 4.08. The number of benzene rings is 3. The maximum atomic E-state index is 12.8. The molecule has 4 nitrogen and oxygen atoms in total. The summed E-state index contributed by atoms with van der Waals surface area (Å²) in [6, 6.07) is 19.6. The molecule has 0 radical (unpaired) electrons. The molecule has 0 bridgehead atoms. The van der Waals surface area contributed by atoms with Crippen molar-refractivity contribution in [3.8, 4) is 11.8 Å². The Hall–Kier alpha value is -3.29. The lowest BCUT2D eigenvalue weighted by Gasteiger charge is -2.29. The quantitative estimate of drug-likeness (QED) is 0.582. The number of rotatable bonds is 1. The van der Waals surface area contributed by atoms with Crippen LogP contribution in [0, 0.1) is 11.3 Å². The first kappa shape index (κ1) is 16.2. The van der Waals surface area contributed by atoms with Crippen LogP contribution in [0.2, 0.25) is 5.02 Å². The van der Waals surface area contributed by atoms with Gasteiger partial charge in [0.15, 0.2) is 0 Å². The summed E-state index contributed by atoms with van der Waals surface area (Å²) in [5.74, 6) is 0.369. The zero-order valence-corrected chi connectivity index (χ0v) is 14.4. The van der Waals surface area contributed by atoms with Crippen LogP contribution in [0.1, 0.15) is 5.56 Å². The number of carbonyl (C=O) groups is 1. The summed E-state index contributed by atoms with van der Waals surface area (Å²) in [7, 11) is 0. The molecule has 0 spiro atoms. The minimum atomic E-state index is -0.733. The third-order valence-electron chi connectivity index (χ3n) is 4.28. The number of halogens is 1. The number of ether oxygens (including phenoxy) is 1. The van der Waals surface area contributed by atoms with Crippen molar-refractivity contribution >= 4 is 40.2 Å². The molecule has 3 aromatic carbocycles. The second-order valence-corrected chi connectivity index (χ2v) is 6.28. The van der Waals surface area contributed by atoms with Crippen LogP contribution in [0.3, 0.4) is 0 Å². The average molecular weight is 361 g/mol. The molecule has 1 unspecified atom stereocenters. The van der Waals surface area contributed by atoms with Crippen molar-refractivity contribution in [3.05, 3.63) is 77.3 Å². The van der Waals surface area contributed by atoms with Crippen LogP contribution in [-0.4, -0.2) is 12.1 Å². The zero-order chi connectivity index (χ0) is 18.1. The van der Waals surface area contributed by atoms with E-state index in [0.29, 0.717) is 16.5 Å². The molecule has 5 heteroatoms. The highest BCUT2D eigenvalue weighted by molar-refractivity contribution is 6.30. The summed E-state index contributed by atoms with van der Waals surface area (Å²) in [6.45, 7) is 0. The molecular weight excluding hydrogens is 348 g/mol. The highest BCUT2D eigenvalue weighted by Gasteiger charge is 2.30. The van der Waals surface area contributed by atoms with Gasteiger partial charge in [0.1, 0.15) is 11.8 Å². The number of nitriles is 1. The maximum Gasteiger partial charge on any atom is 0.421 e. The number of anilines is 1. The molecule has 1 aliphatic heterocycles. The predicted octanol–water partition coefficient (Wildman–Crippen LogP) is 5.42. The molecule has 1 atom stereocenters. The van der Waals surface area contributed by atoms with Crippen LogP contribution in [0.25, 0.3) is 16.8 Å².